The Hall–Kier alpha value is -1.10. The Morgan fingerprint density at radius 1 is 1.27 bits per heavy atom. The van der Waals surface area contributed by atoms with E-state index in [1.165, 1.54) is 5.06 Å². The number of carboxylic acids is 1. The number of rotatable bonds is 2. The van der Waals surface area contributed by atoms with Gasteiger partial charge in [-0.2, -0.15) is 0 Å². The van der Waals surface area contributed by atoms with Gasteiger partial charge < -0.3 is 5.11 Å². The first kappa shape index (κ1) is 10.4. The number of aliphatic carboxylic acids is 1. The third-order valence-corrected chi connectivity index (χ3v) is 3.13. The molecule has 1 saturated heterocycles. The molecular weight excluding hydrogens is 198 g/mol. The van der Waals surface area contributed by atoms with Crippen LogP contribution in [-0.4, -0.2) is 35.2 Å². The van der Waals surface area contributed by atoms with E-state index in [1.807, 2.05) is 0 Å². The lowest BCUT2D eigenvalue weighted by Crippen LogP contribution is -2.32. The Morgan fingerprint density at radius 3 is 2.53 bits per heavy atom. The molecule has 5 heteroatoms. The van der Waals surface area contributed by atoms with Crippen LogP contribution in [0.4, 0.5) is 0 Å². The van der Waals surface area contributed by atoms with Crippen molar-refractivity contribution < 1.29 is 19.5 Å². The van der Waals surface area contributed by atoms with Crippen LogP contribution in [0.5, 0.6) is 0 Å². The fourth-order valence-corrected chi connectivity index (χ4v) is 2.25. The van der Waals surface area contributed by atoms with E-state index in [1.54, 1.807) is 0 Å². The Bertz CT molecular complexity index is 273. The summed E-state index contributed by atoms with van der Waals surface area (Å²) in [5, 5.41) is 10.2. The van der Waals surface area contributed by atoms with Crippen LogP contribution in [0.25, 0.3) is 0 Å². The predicted octanol–water partition coefficient (Wildman–Crippen LogP) is 0.651. The predicted molar refractivity (Wildman–Crippen MR) is 50.7 cm³/mol. The van der Waals surface area contributed by atoms with Gasteiger partial charge in [-0.05, 0) is 25.7 Å². The zero-order valence-electron chi connectivity index (χ0n) is 8.52. The first-order valence-corrected chi connectivity index (χ1v) is 5.35. The molecule has 1 heterocycles. The number of nitrogens with zero attached hydrogens (tertiary/aromatic N) is 1. The van der Waals surface area contributed by atoms with Crippen LogP contribution in [0.2, 0.25) is 0 Å². The normalized spacial score (nSPS) is 30.8. The van der Waals surface area contributed by atoms with Gasteiger partial charge in [-0.25, -0.2) is 5.06 Å². The number of hydrogen-bond donors (Lipinski definition) is 1. The van der Waals surface area contributed by atoms with Gasteiger partial charge in [0.15, 0.2) is 0 Å². The van der Waals surface area contributed by atoms with E-state index in [2.05, 4.69) is 0 Å². The van der Waals surface area contributed by atoms with Gasteiger partial charge in [0.1, 0.15) is 0 Å². The number of carbonyl (C=O) groups excluding carboxylic acids is 1. The van der Waals surface area contributed by atoms with Gasteiger partial charge in [-0.15, -0.1) is 0 Å². The molecule has 2 fully saturated rings. The van der Waals surface area contributed by atoms with Crippen molar-refractivity contribution in [2.24, 2.45) is 11.8 Å². The summed E-state index contributed by atoms with van der Waals surface area (Å²) in [7, 11) is 0. The topological polar surface area (TPSA) is 66.8 Å². The van der Waals surface area contributed by atoms with Gasteiger partial charge in [0.25, 0.3) is 0 Å². The molecule has 0 aromatic rings. The molecule has 0 unspecified atom stereocenters. The number of amides is 1. The minimum Gasteiger partial charge on any atom is -0.481 e. The largest absolute Gasteiger partial charge is 0.481 e. The lowest BCUT2D eigenvalue weighted by atomic mass is 10.0. The van der Waals surface area contributed by atoms with Gasteiger partial charge in [0, 0.05) is 5.92 Å². The zero-order valence-corrected chi connectivity index (χ0v) is 8.52. The maximum absolute atomic E-state index is 11.8. The lowest BCUT2D eigenvalue weighted by Gasteiger charge is -2.17. The number of carbonyl (C=O) groups is 2. The second kappa shape index (κ2) is 4.18. The second-order valence-electron chi connectivity index (χ2n) is 4.17. The molecule has 0 bridgehead atoms. The van der Waals surface area contributed by atoms with Crippen molar-refractivity contribution in [1.82, 2.24) is 5.06 Å². The number of hydrogen-bond acceptors (Lipinski definition) is 3. The summed E-state index contributed by atoms with van der Waals surface area (Å²) in [6, 6.07) is 0. The van der Waals surface area contributed by atoms with Crippen molar-refractivity contribution in [2.45, 2.75) is 25.7 Å². The van der Waals surface area contributed by atoms with E-state index < -0.39 is 5.97 Å². The molecule has 5 nitrogen and oxygen atoms in total. The molecule has 0 aromatic carbocycles. The molecule has 0 radical (unpaired) electrons. The quantitative estimate of drug-likeness (QED) is 0.731. The smallest absolute Gasteiger partial charge is 0.306 e. The summed E-state index contributed by atoms with van der Waals surface area (Å²) < 4.78 is 0. The van der Waals surface area contributed by atoms with Gasteiger partial charge in [0.2, 0.25) is 5.91 Å². The Labute approximate surface area is 88.0 Å². The van der Waals surface area contributed by atoms with Gasteiger partial charge in [-0.3, -0.25) is 14.4 Å². The van der Waals surface area contributed by atoms with E-state index in [9.17, 15) is 9.59 Å². The molecule has 2 aliphatic rings. The Morgan fingerprint density at radius 2 is 2.00 bits per heavy atom. The average Bonchev–Trinajstić information content (AvgIpc) is 2.88. The average molecular weight is 213 g/mol. The number of carboxylic acid groups (broad SMARTS) is 1. The van der Waals surface area contributed by atoms with Crippen molar-refractivity contribution in [1.29, 1.82) is 0 Å². The van der Waals surface area contributed by atoms with Gasteiger partial charge in [-0.1, -0.05) is 0 Å². The van der Waals surface area contributed by atoms with Crippen molar-refractivity contribution in [3.05, 3.63) is 0 Å². The summed E-state index contributed by atoms with van der Waals surface area (Å²) in [5.41, 5.74) is 0. The minimum atomic E-state index is -0.785. The third-order valence-electron chi connectivity index (χ3n) is 3.13. The summed E-state index contributed by atoms with van der Waals surface area (Å²) in [6.45, 7) is 1.24. The Balaban J connectivity index is 1.89. The van der Waals surface area contributed by atoms with Crippen LogP contribution in [0.1, 0.15) is 25.7 Å². The van der Waals surface area contributed by atoms with E-state index in [4.69, 9.17) is 9.94 Å². The summed E-state index contributed by atoms with van der Waals surface area (Å²) in [6.07, 6.45) is 2.63. The lowest BCUT2D eigenvalue weighted by molar-refractivity contribution is -0.173. The monoisotopic (exact) mass is 213 g/mol. The maximum Gasteiger partial charge on any atom is 0.306 e. The molecule has 1 aliphatic heterocycles. The number of hydroxylamine groups is 2. The first-order chi connectivity index (χ1) is 7.18. The first-order valence-electron chi connectivity index (χ1n) is 5.35. The molecular formula is C10H15NO4. The molecule has 1 amide bonds. The molecule has 2 atom stereocenters. The van der Waals surface area contributed by atoms with Crippen molar-refractivity contribution >= 4 is 11.9 Å². The van der Waals surface area contributed by atoms with Crippen LogP contribution < -0.4 is 0 Å². The maximum atomic E-state index is 11.8. The summed E-state index contributed by atoms with van der Waals surface area (Å²) >= 11 is 0. The molecule has 84 valence electrons. The van der Waals surface area contributed by atoms with Crippen LogP contribution in [0.15, 0.2) is 0 Å². The third kappa shape index (κ3) is 2.12. The molecule has 1 N–H and O–H groups in total. The highest BCUT2D eigenvalue weighted by Crippen LogP contribution is 2.32. The molecule has 15 heavy (non-hydrogen) atoms. The Kier molecular flexibility index (Phi) is 2.90. The molecule has 0 spiro atoms. The van der Waals surface area contributed by atoms with Gasteiger partial charge >= 0.3 is 5.97 Å². The molecule has 1 aliphatic carbocycles. The molecule has 2 rings (SSSR count). The SMILES string of the molecule is O=C(O)[C@@H]1CC[C@H](C(=O)N2CCCO2)C1. The van der Waals surface area contributed by atoms with Crippen molar-refractivity contribution in [2.75, 3.05) is 13.2 Å². The highest BCUT2D eigenvalue weighted by atomic mass is 16.7. The molecule has 1 saturated carbocycles. The van der Waals surface area contributed by atoms with Crippen LogP contribution >= 0.6 is 0 Å². The minimum absolute atomic E-state index is 0.0312. The van der Waals surface area contributed by atoms with Crippen LogP contribution in [0, 0.1) is 11.8 Å². The van der Waals surface area contributed by atoms with Gasteiger partial charge in [0.05, 0.1) is 19.1 Å². The zero-order chi connectivity index (χ0) is 10.8. The van der Waals surface area contributed by atoms with Crippen molar-refractivity contribution in [3.63, 3.8) is 0 Å². The van der Waals surface area contributed by atoms with E-state index in [-0.39, 0.29) is 17.7 Å². The van der Waals surface area contributed by atoms with E-state index in [0.29, 0.717) is 32.4 Å². The summed E-state index contributed by atoms with van der Waals surface area (Å²) in [4.78, 5) is 27.7. The fraction of sp³-hybridized carbons (Fsp3) is 0.800. The summed E-state index contributed by atoms with van der Waals surface area (Å²) in [5.74, 6) is -1.31. The standard InChI is InChI=1S/C10H15NO4/c12-9(11-4-1-5-15-11)7-2-3-8(6-7)10(13)14/h7-8H,1-6H2,(H,13,14)/t7-,8+/m0/s1. The highest BCUT2D eigenvalue weighted by Gasteiger charge is 2.36. The highest BCUT2D eigenvalue weighted by molar-refractivity contribution is 5.80. The van der Waals surface area contributed by atoms with E-state index >= 15 is 0 Å². The fourth-order valence-electron chi connectivity index (χ4n) is 2.25. The second-order valence-corrected chi connectivity index (χ2v) is 4.17. The van der Waals surface area contributed by atoms with E-state index in [0.717, 1.165) is 6.42 Å². The van der Waals surface area contributed by atoms with Crippen molar-refractivity contribution in [3.8, 4) is 0 Å². The van der Waals surface area contributed by atoms with Crippen LogP contribution in [0.3, 0.4) is 0 Å². The van der Waals surface area contributed by atoms with Crippen LogP contribution in [-0.2, 0) is 14.4 Å². The molecule has 0 aromatic heterocycles.